The van der Waals surface area contributed by atoms with Gasteiger partial charge in [0.05, 0.1) is 11.0 Å². The van der Waals surface area contributed by atoms with Crippen LogP contribution in [0.1, 0.15) is 19.7 Å². The molecule has 2 rings (SSSR count). The van der Waals surface area contributed by atoms with E-state index in [9.17, 15) is 4.39 Å². The molecular weight excluding hydrogens is 229 g/mol. The molecule has 2 aromatic rings. The number of benzene rings is 1. The minimum Gasteiger partial charge on any atom is -0.328 e. The smallest absolute Gasteiger partial charge is 0.125 e. The Balaban J connectivity index is 2.45. The van der Waals surface area contributed by atoms with Gasteiger partial charge in [-0.1, -0.05) is 13.8 Å². The van der Waals surface area contributed by atoms with Crippen molar-refractivity contribution < 1.29 is 4.39 Å². The summed E-state index contributed by atoms with van der Waals surface area (Å²) in [5, 5.41) is 3.13. The van der Waals surface area contributed by atoms with Gasteiger partial charge in [-0.15, -0.1) is 0 Å². The van der Waals surface area contributed by atoms with Crippen molar-refractivity contribution in [3.63, 3.8) is 0 Å². The quantitative estimate of drug-likeness (QED) is 0.882. The Bertz CT molecular complexity index is 531. The number of nitrogens with zero attached hydrogens (tertiary/aromatic N) is 2. The lowest BCUT2D eigenvalue weighted by Crippen LogP contribution is -2.15. The first-order valence-corrected chi connectivity index (χ1v) is 6.41. The van der Waals surface area contributed by atoms with E-state index in [0.29, 0.717) is 5.92 Å². The SMILES string of the molecule is CNCCc1nc2cc(F)ccc2n1CC(C)C. The Labute approximate surface area is 107 Å². The summed E-state index contributed by atoms with van der Waals surface area (Å²) < 4.78 is 15.4. The van der Waals surface area contributed by atoms with E-state index in [0.717, 1.165) is 36.4 Å². The van der Waals surface area contributed by atoms with Crippen LogP contribution in [0.3, 0.4) is 0 Å². The Morgan fingerprint density at radius 1 is 1.39 bits per heavy atom. The number of halogens is 1. The molecule has 0 bridgehead atoms. The maximum Gasteiger partial charge on any atom is 0.125 e. The van der Waals surface area contributed by atoms with Crippen LogP contribution in [-0.4, -0.2) is 23.1 Å². The minimum atomic E-state index is -0.225. The molecule has 0 aliphatic rings. The second kappa shape index (κ2) is 5.48. The highest BCUT2D eigenvalue weighted by molar-refractivity contribution is 5.76. The summed E-state index contributed by atoms with van der Waals surface area (Å²) in [6, 6.07) is 4.83. The van der Waals surface area contributed by atoms with E-state index in [-0.39, 0.29) is 5.82 Å². The molecule has 1 N–H and O–H groups in total. The molecule has 3 nitrogen and oxygen atoms in total. The molecule has 1 aromatic carbocycles. The monoisotopic (exact) mass is 249 g/mol. The Morgan fingerprint density at radius 2 is 2.17 bits per heavy atom. The van der Waals surface area contributed by atoms with E-state index in [1.807, 2.05) is 13.1 Å². The van der Waals surface area contributed by atoms with E-state index in [1.165, 1.54) is 12.1 Å². The van der Waals surface area contributed by atoms with E-state index in [2.05, 4.69) is 28.7 Å². The number of imidazole rings is 1. The highest BCUT2D eigenvalue weighted by atomic mass is 19.1. The topological polar surface area (TPSA) is 29.9 Å². The zero-order chi connectivity index (χ0) is 13.1. The number of rotatable bonds is 5. The number of aromatic nitrogens is 2. The molecule has 0 aliphatic heterocycles. The molecule has 0 atom stereocenters. The van der Waals surface area contributed by atoms with Gasteiger partial charge in [0.1, 0.15) is 11.6 Å². The van der Waals surface area contributed by atoms with Crippen LogP contribution in [0.15, 0.2) is 18.2 Å². The zero-order valence-corrected chi connectivity index (χ0v) is 11.2. The minimum absolute atomic E-state index is 0.225. The van der Waals surface area contributed by atoms with E-state index >= 15 is 0 Å². The van der Waals surface area contributed by atoms with Crippen LogP contribution in [0.25, 0.3) is 11.0 Å². The van der Waals surface area contributed by atoms with E-state index in [4.69, 9.17) is 0 Å². The third-order valence-corrected chi connectivity index (χ3v) is 2.94. The lowest BCUT2D eigenvalue weighted by molar-refractivity contribution is 0.514. The number of likely N-dealkylation sites (N-methyl/N-ethyl adjacent to an activating group) is 1. The van der Waals surface area contributed by atoms with Crippen molar-refractivity contribution in [3.05, 3.63) is 29.8 Å². The molecule has 0 aliphatic carbocycles. The van der Waals surface area contributed by atoms with Gasteiger partial charge in [-0.05, 0) is 25.1 Å². The van der Waals surface area contributed by atoms with Gasteiger partial charge in [0.25, 0.3) is 0 Å². The van der Waals surface area contributed by atoms with E-state index < -0.39 is 0 Å². The number of nitrogens with one attached hydrogen (secondary N) is 1. The third kappa shape index (κ3) is 2.70. The standard InChI is InChI=1S/C14H20FN3/c1-10(2)9-18-13-5-4-11(15)8-12(13)17-14(18)6-7-16-3/h4-5,8,10,16H,6-7,9H2,1-3H3. The molecular formula is C14H20FN3. The summed E-state index contributed by atoms with van der Waals surface area (Å²) in [6.07, 6.45) is 0.861. The Kier molecular flexibility index (Phi) is 3.97. The molecule has 0 radical (unpaired) electrons. The summed E-state index contributed by atoms with van der Waals surface area (Å²) >= 11 is 0. The Hall–Kier alpha value is -1.42. The predicted molar refractivity (Wildman–Crippen MR) is 72.2 cm³/mol. The van der Waals surface area contributed by atoms with Gasteiger partial charge in [-0.2, -0.15) is 0 Å². The second-order valence-corrected chi connectivity index (χ2v) is 5.02. The van der Waals surface area contributed by atoms with Crippen molar-refractivity contribution >= 4 is 11.0 Å². The molecule has 4 heteroatoms. The normalized spacial score (nSPS) is 11.6. The zero-order valence-electron chi connectivity index (χ0n) is 11.2. The molecule has 0 saturated heterocycles. The van der Waals surface area contributed by atoms with Crippen molar-refractivity contribution in [2.75, 3.05) is 13.6 Å². The van der Waals surface area contributed by atoms with Crippen LogP contribution in [0.2, 0.25) is 0 Å². The first-order chi connectivity index (χ1) is 8.61. The van der Waals surface area contributed by atoms with Crippen molar-refractivity contribution in [1.29, 1.82) is 0 Å². The van der Waals surface area contributed by atoms with Gasteiger partial charge in [0, 0.05) is 25.6 Å². The van der Waals surface area contributed by atoms with Crippen LogP contribution in [0, 0.1) is 11.7 Å². The van der Waals surface area contributed by atoms with Crippen molar-refractivity contribution in [1.82, 2.24) is 14.9 Å². The maximum absolute atomic E-state index is 13.2. The van der Waals surface area contributed by atoms with Gasteiger partial charge < -0.3 is 9.88 Å². The van der Waals surface area contributed by atoms with Crippen LogP contribution >= 0.6 is 0 Å². The summed E-state index contributed by atoms with van der Waals surface area (Å²) in [6.45, 7) is 6.15. The fourth-order valence-corrected chi connectivity index (χ4v) is 2.15. The van der Waals surface area contributed by atoms with Gasteiger partial charge in [-0.25, -0.2) is 9.37 Å². The molecule has 98 valence electrons. The first kappa shape index (κ1) is 13.0. The highest BCUT2D eigenvalue weighted by Crippen LogP contribution is 2.19. The van der Waals surface area contributed by atoms with Crippen LogP contribution in [0.5, 0.6) is 0 Å². The highest BCUT2D eigenvalue weighted by Gasteiger charge is 2.11. The molecule has 0 amide bonds. The predicted octanol–water partition coefficient (Wildman–Crippen LogP) is 2.59. The lowest BCUT2D eigenvalue weighted by atomic mass is 10.2. The van der Waals surface area contributed by atoms with Crippen molar-refractivity contribution in [3.8, 4) is 0 Å². The first-order valence-electron chi connectivity index (χ1n) is 6.41. The largest absolute Gasteiger partial charge is 0.328 e. The summed E-state index contributed by atoms with van der Waals surface area (Å²) in [4.78, 5) is 4.55. The van der Waals surface area contributed by atoms with Gasteiger partial charge in [0.15, 0.2) is 0 Å². The maximum atomic E-state index is 13.2. The van der Waals surface area contributed by atoms with Crippen LogP contribution in [-0.2, 0) is 13.0 Å². The number of hydrogen-bond acceptors (Lipinski definition) is 2. The molecule has 0 saturated carbocycles. The molecule has 0 spiro atoms. The van der Waals surface area contributed by atoms with Gasteiger partial charge >= 0.3 is 0 Å². The van der Waals surface area contributed by atoms with Gasteiger partial charge in [-0.3, -0.25) is 0 Å². The third-order valence-electron chi connectivity index (χ3n) is 2.94. The molecule has 1 heterocycles. The molecule has 0 unspecified atom stereocenters. The average Bonchev–Trinajstić information content (AvgIpc) is 2.63. The molecule has 1 aromatic heterocycles. The summed E-state index contributed by atoms with van der Waals surface area (Å²) in [5.41, 5.74) is 1.78. The molecule has 18 heavy (non-hydrogen) atoms. The molecule has 0 fully saturated rings. The average molecular weight is 249 g/mol. The number of hydrogen-bond donors (Lipinski definition) is 1. The van der Waals surface area contributed by atoms with Crippen LogP contribution < -0.4 is 5.32 Å². The summed E-state index contributed by atoms with van der Waals surface area (Å²) in [5.74, 6) is 1.34. The fraction of sp³-hybridized carbons (Fsp3) is 0.500. The van der Waals surface area contributed by atoms with Crippen molar-refractivity contribution in [2.24, 2.45) is 5.92 Å². The van der Waals surface area contributed by atoms with Crippen molar-refractivity contribution in [2.45, 2.75) is 26.8 Å². The summed E-state index contributed by atoms with van der Waals surface area (Å²) in [7, 11) is 1.93. The number of fused-ring (bicyclic) bond motifs is 1. The Morgan fingerprint density at radius 3 is 2.83 bits per heavy atom. The van der Waals surface area contributed by atoms with Crippen LogP contribution in [0.4, 0.5) is 4.39 Å². The van der Waals surface area contributed by atoms with Gasteiger partial charge in [0.2, 0.25) is 0 Å². The lowest BCUT2D eigenvalue weighted by Gasteiger charge is -2.11. The second-order valence-electron chi connectivity index (χ2n) is 5.02. The van der Waals surface area contributed by atoms with E-state index in [1.54, 1.807) is 0 Å². The fourth-order valence-electron chi connectivity index (χ4n) is 2.15.